The van der Waals surface area contributed by atoms with Gasteiger partial charge in [0.1, 0.15) is 0 Å². The fourth-order valence-electron chi connectivity index (χ4n) is 4.54. The van der Waals surface area contributed by atoms with Crippen molar-refractivity contribution in [2.45, 2.75) is 31.7 Å². The zero-order chi connectivity index (χ0) is 27.7. The normalized spacial score (nSPS) is 11.6. The molecule has 39 heavy (non-hydrogen) atoms. The molecule has 2 N–H and O–H groups in total. The number of pyridine rings is 1. The van der Waals surface area contributed by atoms with Gasteiger partial charge in [-0.25, -0.2) is 13.8 Å². The van der Waals surface area contributed by atoms with Gasteiger partial charge in [-0.1, -0.05) is 78.9 Å². The molecule has 1 heterocycles. The SMILES string of the molecule is CC(F)(F)c1cccc(CN(CCCOc2ccc(C(N)=O)cn2)CC(c2ccccc2)c2ccccc2)c1. The van der Waals surface area contributed by atoms with E-state index >= 15 is 0 Å². The molecule has 3 aromatic carbocycles. The van der Waals surface area contributed by atoms with Crippen molar-refractivity contribution in [3.05, 3.63) is 131 Å². The van der Waals surface area contributed by atoms with Crippen molar-refractivity contribution >= 4 is 5.91 Å². The van der Waals surface area contributed by atoms with Crippen LogP contribution in [0, 0.1) is 0 Å². The van der Waals surface area contributed by atoms with Gasteiger partial charge in [0.05, 0.1) is 12.2 Å². The highest BCUT2D eigenvalue weighted by Crippen LogP contribution is 2.29. The van der Waals surface area contributed by atoms with E-state index in [2.05, 4.69) is 34.1 Å². The van der Waals surface area contributed by atoms with E-state index in [-0.39, 0.29) is 11.5 Å². The third-order valence-electron chi connectivity index (χ3n) is 6.57. The Labute approximate surface area is 228 Å². The Morgan fingerprint density at radius 2 is 1.62 bits per heavy atom. The lowest BCUT2D eigenvalue weighted by Crippen LogP contribution is -2.31. The van der Waals surface area contributed by atoms with E-state index in [9.17, 15) is 13.6 Å². The number of hydrogen-bond donors (Lipinski definition) is 1. The number of halogens is 2. The molecule has 4 rings (SSSR count). The van der Waals surface area contributed by atoms with Gasteiger partial charge in [-0.15, -0.1) is 0 Å². The number of alkyl halides is 2. The Morgan fingerprint density at radius 3 is 2.18 bits per heavy atom. The number of amides is 1. The summed E-state index contributed by atoms with van der Waals surface area (Å²) in [6, 6.07) is 30.5. The standard InChI is InChI=1S/C32H33F2N3O2/c1-32(33,34)28-15-8-10-24(20-28)22-37(18-9-19-39-30-17-16-27(21-36-30)31(35)38)23-29(25-11-4-2-5-12-25)26-13-6-3-7-14-26/h2-8,10-17,20-21,29H,9,18-19,22-23H2,1H3,(H2,35,38). The highest BCUT2D eigenvalue weighted by Gasteiger charge is 2.25. The zero-order valence-electron chi connectivity index (χ0n) is 22.0. The van der Waals surface area contributed by atoms with E-state index in [0.29, 0.717) is 44.1 Å². The maximum Gasteiger partial charge on any atom is 0.270 e. The quantitative estimate of drug-likeness (QED) is 0.204. The predicted molar refractivity (Wildman–Crippen MR) is 149 cm³/mol. The number of rotatable bonds is 13. The van der Waals surface area contributed by atoms with E-state index in [0.717, 1.165) is 12.5 Å². The maximum absolute atomic E-state index is 14.0. The topological polar surface area (TPSA) is 68.5 Å². The van der Waals surface area contributed by atoms with E-state index in [1.807, 2.05) is 42.5 Å². The molecule has 0 spiro atoms. The lowest BCUT2D eigenvalue weighted by molar-refractivity contribution is 0.0173. The van der Waals surface area contributed by atoms with Gasteiger partial charge in [0, 0.05) is 50.3 Å². The van der Waals surface area contributed by atoms with Crippen molar-refractivity contribution in [1.29, 1.82) is 0 Å². The Balaban J connectivity index is 1.51. The summed E-state index contributed by atoms with van der Waals surface area (Å²) in [6.07, 6.45) is 2.09. The van der Waals surface area contributed by atoms with Crippen molar-refractivity contribution < 1.29 is 18.3 Å². The molecule has 0 radical (unpaired) electrons. The number of nitrogens with zero attached hydrogens (tertiary/aromatic N) is 2. The molecule has 0 unspecified atom stereocenters. The van der Waals surface area contributed by atoms with Gasteiger partial charge < -0.3 is 10.5 Å². The Kier molecular flexibility index (Phi) is 9.39. The molecule has 0 fully saturated rings. The fourth-order valence-corrected chi connectivity index (χ4v) is 4.54. The van der Waals surface area contributed by atoms with E-state index < -0.39 is 11.8 Å². The molecule has 0 saturated carbocycles. The summed E-state index contributed by atoms with van der Waals surface area (Å²) in [5.41, 5.74) is 8.82. The first-order chi connectivity index (χ1) is 18.8. The molecule has 0 atom stereocenters. The molecule has 1 amide bonds. The van der Waals surface area contributed by atoms with Gasteiger partial charge in [0.2, 0.25) is 11.8 Å². The number of benzene rings is 3. The number of carbonyl (C=O) groups excluding carboxylic acids is 1. The van der Waals surface area contributed by atoms with Crippen LogP contribution in [0.15, 0.2) is 103 Å². The second-order valence-electron chi connectivity index (χ2n) is 9.65. The first-order valence-electron chi connectivity index (χ1n) is 13.0. The average Bonchev–Trinajstić information content (AvgIpc) is 2.94. The Bertz CT molecular complexity index is 1290. The van der Waals surface area contributed by atoms with Crippen LogP contribution in [0.2, 0.25) is 0 Å². The highest BCUT2D eigenvalue weighted by atomic mass is 19.3. The van der Waals surface area contributed by atoms with Crippen molar-refractivity contribution in [1.82, 2.24) is 9.88 Å². The minimum absolute atomic E-state index is 0.0106. The number of aromatic nitrogens is 1. The second kappa shape index (κ2) is 13.1. The Hall–Kier alpha value is -4.10. The molecule has 0 aliphatic rings. The van der Waals surface area contributed by atoms with Crippen molar-refractivity contribution in [2.24, 2.45) is 5.73 Å². The second-order valence-corrected chi connectivity index (χ2v) is 9.65. The minimum Gasteiger partial charge on any atom is -0.478 e. The van der Waals surface area contributed by atoms with E-state index in [1.165, 1.54) is 23.4 Å². The molecule has 0 aliphatic heterocycles. The van der Waals surface area contributed by atoms with Gasteiger partial charge in [-0.05, 0) is 35.2 Å². The third kappa shape index (κ3) is 8.19. The summed E-state index contributed by atoms with van der Waals surface area (Å²) in [5.74, 6) is -2.92. The van der Waals surface area contributed by atoms with Gasteiger partial charge in [0.25, 0.3) is 5.92 Å². The van der Waals surface area contributed by atoms with Crippen LogP contribution in [0.3, 0.4) is 0 Å². The van der Waals surface area contributed by atoms with E-state index in [1.54, 1.807) is 24.3 Å². The lowest BCUT2D eigenvalue weighted by atomic mass is 9.90. The van der Waals surface area contributed by atoms with Gasteiger partial charge in [0.15, 0.2) is 0 Å². The number of carbonyl (C=O) groups is 1. The van der Waals surface area contributed by atoms with Crippen LogP contribution in [-0.4, -0.2) is 35.5 Å². The van der Waals surface area contributed by atoms with Crippen LogP contribution in [0.4, 0.5) is 8.78 Å². The summed E-state index contributed by atoms with van der Waals surface area (Å²) < 4.78 is 33.9. The largest absolute Gasteiger partial charge is 0.478 e. The monoisotopic (exact) mass is 529 g/mol. The number of nitrogens with two attached hydrogens (primary N) is 1. The third-order valence-corrected chi connectivity index (χ3v) is 6.57. The molecule has 0 bridgehead atoms. The van der Waals surface area contributed by atoms with Crippen LogP contribution in [-0.2, 0) is 12.5 Å². The van der Waals surface area contributed by atoms with Crippen LogP contribution >= 0.6 is 0 Å². The number of ether oxygens (including phenoxy) is 1. The number of hydrogen-bond acceptors (Lipinski definition) is 4. The highest BCUT2D eigenvalue weighted by molar-refractivity contribution is 5.92. The number of primary amides is 1. The summed E-state index contributed by atoms with van der Waals surface area (Å²) in [4.78, 5) is 17.7. The maximum atomic E-state index is 14.0. The summed E-state index contributed by atoms with van der Waals surface area (Å²) in [6.45, 7) is 3.24. The first kappa shape index (κ1) is 27.9. The van der Waals surface area contributed by atoms with Crippen molar-refractivity contribution in [3.8, 4) is 5.88 Å². The molecular formula is C32H33F2N3O2. The molecule has 0 aliphatic carbocycles. The molecule has 4 aromatic rings. The summed E-state index contributed by atoms with van der Waals surface area (Å²) in [7, 11) is 0. The molecule has 202 valence electrons. The fraction of sp³-hybridized carbons (Fsp3) is 0.250. The smallest absolute Gasteiger partial charge is 0.270 e. The summed E-state index contributed by atoms with van der Waals surface area (Å²) in [5, 5.41) is 0. The summed E-state index contributed by atoms with van der Waals surface area (Å²) >= 11 is 0. The van der Waals surface area contributed by atoms with Crippen LogP contribution in [0.5, 0.6) is 5.88 Å². The van der Waals surface area contributed by atoms with Crippen molar-refractivity contribution in [2.75, 3.05) is 19.7 Å². The molecule has 7 heteroatoms. The van der Waals surface area contributed by atoms with E-state index in [4.69, 9.17) is 10.5 Å². The van der Waals surface area contributed by atoms with Crippen LogP contribution in [0.25, 0.3) is 0 Å². The van der Waals surface area contributed by atoms with Gasteiger partial charge in [-0.3, -0.25) is 9.69 Å². The molecular weight excluding hydrogens is 496 g/mol. The molecule has 5 nitrogen and oxygen atoms in total. The minimum atomic E-state index is -2.90. The first-order valence-corrected chi connectivity index (χ1v) is 13.0. The van der Waals surface area contributed by atoms with Crippen molar-refractivity contribution in [3.63, 3.8) is 0 Å². The lowest BCUT2D eigenvalue weighted by Gasteiger charge is -2.29. The molecule has 1 aromatic heterocycles. The zero-order valence-corrected chi connectivity index (χ0v) is 22.0. The Morgan fingerprint density at radius 1 is 0.949 bits per heavy atom. The molecule has 0 saturated heterocycles. The van der Waals surface area contributed by atoms with Gasteiger partial charge in [-0.2, -0.15) is 0 Å². The average molecular weight is 530 g/mol. The van der Waals surface area contributed by atoms with Crippen LogP contribution in [0.1, 0.15) is 51.9 Å². The van der Waals surface area contributed by atoms with Gasteiger partial charge >= 0.3 is 0 Å². The predicted octanol–water partition coefficient (Wildman–Crippen LogP) is 6.40. The van der Waals surface area contributed by atoms with Crippen LogP contribution < -0.4 is 10.5 Å².